The summed E-state index contributed by atoms with van der Waals surface area (Å²) < 4.78 is 0. The molecular weight excluding hydrogens is 296 g/mol. The summed E-state index contributed by atoms with van der Waals surface area (Å²) in [4.78, 5) is 12.2. The van der Waals surface area contributed by atoms with Crippen molar-refractivity contribution in [3.63, 3.8) is 0 Å². The van der Waals surface area contributed by atoms with Gasteiger partial charge in [0.2, 0.25) is 5.91 Å². The van der Waals surface area contributed by atoms with Gasteiger partial charge in [0.15, 0.2) is 0 Å². The molecule has 2 aromatic rings. The van der Waals surface area contributed by atoms with Crippen LogP contribution in [0.25, 0.3) is 0 Å². The van der Waals surface area contributed by atoms with Gasteiger partial charge in [-0.1, -0.05) is 49.4 Å². The summed E-state index contributed by atoms with van der Waals surface area (Å²) >= 11 is 0. The van der Waals surface area contributed by atoms with Gasteiger partial charge in [0.1, 0.15) is 0 Å². The molecule has 0 spiro atoms. The van der Waals surface area contributed by atoms with Crippen molar-refractivity contribution in [1.29, 1.82) is 0 Å². The Labute approximate surface area is 138 Å². The molecular formula is C18H23ClN2O. The first-order valence-electron chi connectivity index (χ1n) is 7.33. The topological polar surface area (TPSA) is 41.1 Å². The molecule has 0 aromatic heterocycles. The first-order chi connectivity index (χ1) is 10.2. The Morgan fingerprint density at radius 2 is 1.64 bits per heavy atom. The SMILES string of the molecule is CCNCc1ccccc1NC(=O)Cc1ccccc1C.Cl. The molecule has 2 aromatic carbocycles. The van der Waals surface area contributed by atoms with Crippen molar-refractivity contribution in [2.75, 3.05) is 11.9 Å². The zero-order chi connectivity index (χ0) is 15.1. The molecule has 0 atom stereocenters. The number of halogens is 1. The standard InChI is InChI=1S/C18H22N2O.ClH/c1-3-19-13-16-10-6-7-11-17(16)20-18(21)12-15-9-5-4-8-14(15)2;/h4-11,19H,3,12-13H2,1-2H3,(H,20,21);1H. The van der Waals surface area contributed by atoms with Crippen molar-refractivity contribution in [2.45, 2.75) is 26.8 Å². The summed E-state index contributed by atoms with van der Waals surface area (Å²) in [5.41, 5.74) is 4.21. The van der Waals surface area contributed by atoms with E-state index in [2.05, 4.69) is 17.6 Å². The third-order valence-corrected chi connectivity index (χ3v) is 3.47. The van der Waals surface area contributed by atoms with Crippen LogP contribution in [0, 0.1) is 6.92 Å². The summed E-state index contributed by atoms with van der Waals surface area (Å²) in [6.45, 7) is 5.77. The second kappa shape index (κ2) is 9.23. The van der Waals surface area contributed by atoms with Crippen LogP contribution < -0.4 is 10.6 Å². The number of aryl methyl sites for hydroxylation is 1. The highest BCUT2D eigenvalue weighted by Crippen LogP contribution is 2.16. The molecule has 0 heterocycles. The Kier molecular flexibility index (Phi) is 7.64. The maximum Gasteiger partial charge on any atom is 0.228 e. The maximum absolute atomic E-state index is 12.2. The predicted molar refractivity (Wildman–Crippen MR) is 94.6 cm³/mol. The van der Waals surface area contributed by atoms with E-state index in [0.29, 0.717) is 6.42 Å². The second-order valence-electron chi connectivity index (χ2n) is 5.09. The molecule has 0 aliphatic heterocycles. The predicted octanol–water partition coefficient (Wildman–Crippen LogP) is 3.71. The number of carbonyl (C=O) groups excluding carboxylic acids is 1. The Morgan fingerprint density at radius 3 is 2.32 bits per heavy atom. The minimum absolute atomic E-state index is 0. The average Bonchev–Trinajstić information content (AvgIpc) is 2.49. The van der Waals surface area contributed by atoms with Crippen LogP contribution in [0.15, 0.2) is 48.5 Å². The number of hydrogen-bond acceptors (Lipinski definition) is 2. The van der Waals surface area contributed by atoms with Gasteiger partial charge in [0, 0.05) is 12.2 Å². The van der Waals surface area contributed by atoms with Crippen LogP contribution in [0.3, 0.4) is 0 Å². The molecule has 0 aliphatic rings. The fourth-order valence-electron chi connectivity index (χ4n) is 2.23. The van der Waals surface area contributed by atoms with E-state index in [4.69, 9.17) is 0 Å². The quantitative estimate of drug-likeness (QED) is 0.852. The van der Waals surface area contributed by atoms with E-state index in [1.807, 2.05) is 55.5 Å². The van der Waals surface area contributed by atoms with Crippen LogP contribution in [0.5, 0.6) is 0 Å². The number of anilines is 1. The first-order valence-corrected chi connectivity index (χ1v) is 7.33. The summed E-state index contributed by atoms with van der Waals surface area (Å²) in [5, 5.41) is 6.30. The minimum Gasteiger partial charge on any atom is -0.325 e. The van der Waals surface area contributed by atoms with Crippen molar-refractivity contribution < 1.29 is 4.79 Å². The van der Waals surface area contributed by atoms with E-state index >= 15 is 0 Å². The molecule has 1 amide bonds. The van der Waals surface area contributed by atoms with Gasteiger partial charge in [0.25, 0.3) is 0 Å². The lowest BCUT2D eigenvalue weighted by atomic mass is 10.1. The lowest BCUT2D eigenvalue weighted by Gasteiger charge is -2.12. The molecule has 2 rings (SSSR count). The Bertz CT molecular complexity index is 614. The molecule has 0 aliphatic carbocycles. The van der Waals surface area contributed by atoms with Crippen LogP contribution in [0.1, 0.15) is 23.6 Å². The highest BCUT2D eigenvalue weighted by Gasteiger charge is 2.08. The fraction of sp³-hybridized carbons (Fsp3) is 0.278. The number of hydrogen-bond donors (Lipinski definition) is 2. The highest BCUT2D eigenvalue weighted by molar-refractivity contribution is 5.93. The molecule has 0 fully saturated rings. The van der Waals surface area contributed by atoms with E-state index in [-0.39, 0.29) is 18.3 Å². The van der Waals surface area contributed by atoms with E-state index in [1.165, 1.54) is 0 Å². The van der Waals surface area contributed by atoms with Crippen LogP contribution >= 0.6 is 12.4 Å². The van der Waals surface area contributed by atoms with Gasteiger partial charge in [-0.2, -0.15) is 0 Å². The molecule has 0 unspecified atom stereocenters. The molecule has 4 heteroatoms. The summed E-state index contributed by atoms with van der Waals surface area (Å²) in [5.74, 6) is 0.0215. The molecule has 0 saturated heterocycles. The molecule has 0 radical (unpaired) electrons. The number of nitrogens with one attached hydrogen (secondary N) is 2. The number of rotatable bonds is 6. The first kappa shape index (κ1) is 18.2. The monoisotopic (exact) mass is 318 g/mol. The molecule has 3 nitrogen and oxygen atoms in total. The van der Waals surface area contributed by atoms with Crippen molar-refractivity contribution in [3.05, 3.63) is 65.2 Å². The van der Waals surface area contributed by atoms with Gasteiger partial charge in [-0.3, -0.25) is 4.79 Å². The summed E-state index contributed by atoms with van der Waals surface area (Å²) in [7, 11) is 0. The van der Waals surface area contributed by atoms with Gasteiger partial charge in [-0.25, -0.2) is 0 Å². The van der Waals surface area contributed by atoms with Crippen molar-refractivity contribution in [2.24, 2.45) is 0 Å². The highest BCUT2D eigenvalue weighted by atomic mass is 35.5. The van der Waals surface area contributed by atoms with Crippen LogP contribution in [0.4, 0.5) is 5.69 Å². The minimum atomic E-state index is 0. The van der Waals surface area contributed by atoms with Gasteiger partial charge >= 0.3 is 0 Å². The zero-order valence-electron chi connectivity index (χ0n) is 13.1. The molecule has 118 valence electrons. The molecule has 0 saturated carbocycles. The maximum atomic E-state index is 12.2. The van der Waals surface area contributed by atoms with Gasteiger partial charge in [-0.05, 0) is 36.2 Å². The Balaban J connectivity index is 0.00000242. The lowest BCUT2D eigenvalue weighted by Crippen LogP contribution is -2.18. The fourth-order valence-corrected chi connectivity index (χ4v) is 2.23. The number of amides is 1. The Hall–Kier alpha value is -1.84. The average molecular weight is 319 g/mol. The van der Waals surface area contributed by atoms with Crippen molar-refractivity contribution >= 4 is 24.0 Å². The third-order valence-electron chi connectivity index (χ3n) is 3.47. The van der Waals surface area contributed by atoms with E-state index < -0.39 is 0 Å². The number of para-hydroxylation sites is 1. The van der Waals surface area contributed by atoms with Gasteiger partial charge < -0.3 is 10.6 Å². The summed E-state index contributed by atoms with van der Waals surface area (Å²) in [6, 6.07) is 15.9. The molecule has 2 N–H and O–H groups in total. The van der Waals surface area contributed by atoms with Crippen molar-refractivity contribution in [1.82, 2.24) is 5.32 Å². The van der Waals surface area contributed by atoms with E-state index in [9.17, 15) is 4.79 Å². The normalized spacial score (nSPS) is 9.91. The third kappa shape index (κ3) is 5.17. The Morgan fingerprint density at radius 1 is 1.00 bits per heavy atom. The van der Waals surface area contributed by atoms with E-state index in [1.54, 1.807) is 0 Å². The number of carbonyl (C=O) groups is 1. The van der Waals surface area contributed by atoms with E-state index in [0.717, 1.165) is 35.5 Å². The summed E-state index contributed by atoms with van der Waals surface area (Å²) in [6.07, 6.45) is 0.405. The zero-order valence-corrected chi connectivity index (χ0v) is 13.9. The van der Waals surface area contributed by atoms with Gasteiger partial charge in [-0.15, -0.1) is 12.4 Å². The smallest absolute Gasteiger partial charge is 0.228 e. The van der Waals surface area contributed by atoms with Crippen LogP contribution in [-0.2, 0) is 17.8 Å². The second-order valence-corrected chi connectivity index (χ2v) is 5.09. The number of benzene rings is 2. The lowest BCUT2D eigenvalue weighted by molar-refractivity contribution is -0.115. The van der Waals surface area contributed by atoms with Crippen LogP contribution in [0.2, 0.25) is 0 Å². The largest absolute Gasteiger partial charge is 0.325 e. The van der Waals surface area contributed by atoms with Crippen LogP contribution in [-0.4, -0.2) is 12.5 Å². The van der Waals surface area contributed by atoms with Crippen molar-refractivity contribution in [3.8, 4) is 0 Å². The molecule has 22 heavy (non-hydrogen) atoms. The van der Waals surface area contributed by atoms with Gasteiger partial charge in [0.05, 0.1) is 6.42 Å². The molecule has 0 bridgehead atoms.